The molecule has 0 unspecified atom stereocenters. The lowest BCUT2D eigenvalue weighted by atomic mass is 10.2. The van der Waals surface area contributed by atoms with E-state index in [1.807, 2.05) is 0 Å². The number of benzene rings is 1. The van der Waals surface area contributed by atoms with Gasteiger partial charge in [0.15, 0.2) is 6.29 Å². The van der Waals surface area contributed by atoms with E-state index in [1.165, 1.54) is 24.3 Å². The lowest BCUT2D eigenvalue weighted by Gasteiger charge is -2.10. The zero-order chi connectivity index (χ0) is 17.0. The van der Waals surface area contributed by atoms with Crippen LogP contribution in [0.25, 0.3) is 0 Å². The molecular weight excluding hydrogens is 326 g/mol. The monoisotopic (exact) mass is 339 g/mol. The number of aliphatic hydroxyl groups is 2. The Balaban J connectivity index is 2.17. The summed E-state index contributed by atoms with van der Waals surface area (Å²) in [7, 11) is 0. The van der Waals surface area contributed by atoms with Gasteiger partial charge in [0.2, 0.25) is 5.88 Å². The van der Waals surface area contributed by atoms with E-state index in [9.17, 15) is 15.2 Å². The number of aliphatic hydroxyl groups excluding tert-OH is 1. The third-order valence-electron chi connectivity index (χ3n) is 2.72. The fourth-order valence-corrected chi connectivity index (χ4v) is 2.39. The van der Waals surface area contributed by atoms with Crippen LogP contribution in [0.4, 0.5) is 16.4 Å². The van der Waals surface area contributed by atoms with Gasteiger partial charge < -0.3 is 26.0 Å². The first kappa shape index (κ1) is 16.6. The van der Waals surface area contributed by atoms with Gasteiger partial charge in [-0.2, -0.15) is 4.37 Å². The number of nitro benzene ring substituents is 1. The van der Waals surface area contributed by atoms with Crippen LogP contribution in [0.5, 0.6) is 5.88 Å². The number of nitrogens with one attached hydrogen (secondary N) is 3. The Hall–Kier alpha value is -2.76. The first-order valence-corrected chi connectivity index (χ1v) is 7.05. The summed E-state index contributed by atoms with van der Waals surface area (Å²) in [5, 5.41) is 51.4. The van der Waals surface area contributed by atoms with E-state index < -0.39 is 11.2 Å². The number of rotatable bonds is 6. The molecule has 23 heavy (non-hydrogen) atoms. The molecule has 11 heteroatoms. The molecule has 2 rings (SSSR count). The minimum atomic E-state index is -1.64. The first-order valence-electron chi connectivity index (χ1n) is 6.27. The Kier molecular flexibility index (Phi) is 5.05. The van der Waals surface area contributed by atoms with Crippen LogP contribution >= 0.6 is 11.5 Å². The molecule has 0 saturated carbocycles. The Morgan fingerprint density at radius 2 is 2.04 bits per heavy atom. The third-order valence-corrected chi connectivity index (χ3v) is 3.47. The Labute approximate surface area is 133 Å². The Bertz CT molecular complexity index is 715. The van der Waals surface area contributed by atoms with Crippen molar-refractivity contribution in [1.29, 1.82) is 5.41 Å². The van der Waals surface area contributed by atoms with Gasteiger partial charge in [0.1, 0.15) is 16.4 Å². The van der Waals surface area contributed by atoms with Crippen molar-refractivity contribution < 1.29 is 20.2 Å². The summed E-state index contributed by atoms with van der Waals surface area (Å²) in [6.45, 7) is -0.287. The van der Waals surface area contributed by atoms with Crippen LogP contribution in [0.15, 0.2) is 24.3 Å². The van der Waals surface area contributed by atoms with Crippen molar-refractivity contribution in [3.8, 4) is 5.88 Å². The van der Waals surface area contributed by atoms with Crippen LogP contribution in [-0.2, 0) is 0 Å². The van der Waals surface area contributed by atoms with Gasteiger partial charge >= 0.3 is 0 Å². The molecule has 0 spiro atoms. The molecule has 0 amide bonds. The SMILES string of the molecule is N=C(NCC(O)O)c1c(O)nsc1Nc1ccc([N+](=O)[O-])cc1. The minimum absolute atomic E-state index is 0.0609. The second kappa shape index (κ2) is 7.00. The maximum Gasteiger partial charge on any atom is 0.269 e. The van der Waals surface area contributed by atoms with Gasteiger partial charge in [-0.1, -0.05) is 0 Å². The molecule has 0 aliphatic carbocycles. The fraction of sp³-hybridized carbons (Fsp3) is 0.167. The second-order valence-corrected chi connectivity index (χ2v) is 5.15. The van der Waals surface area contributed by atoms with Gasteiger partial charge in [-0.3, -0.25) is 15.5 Å². The van der Waals surface area contributed by atoms with E-state index in [2.05, 4.69) is 15.0 Å². The summed E-state index contributed by atoms with van der Waals surface area (Å²) in [4.78, 5) is 10.1. The van der Waals surface area contributed by atoms with Gasteiger partial charge in [-0.25, -0.2) is 0 Å². The van der Waals surface area contributed by atoms with E-state index in [-0.39, 0.29) is 29.5 Å². The van der Waals surface area contributed by atoms with Crippen LogP contribution in [0.1, 0.15) is 5.56 Å². The molecular formula is C12H13N5O5S. The molecule has 0 aliphatic heterocycles. The summed E-state index contributed by atoms with van der Waals surface area (Å²) in [5.74, 6) is -0.627. The van der Waals surface area contributed by atoms with E-state index in [4.69, 9.17) is 15.6 Å². The first-order chi connectivity index (χ1) is 10.9. The lowest BCUT2D eigenvalue weighted by molar-refractivity contribution is -0.384. The number of aromatic nitrogens is 1. The van der Waals surface area contributed by atoms with Crippen LogP contribution in [0.3, 0.4) is 0 Å². The van der Waals surface area contributed by atoms with Gasteiger partial charge in [0, 0.05) is 17.8 Å². The number of anilines is 2. The zero-order valence-corrected chi connectivity index (χ0v) is 12.4. The van der Waals surface area contributed by atoms with Gasteiger partial charge in [-0.05, 0) is 23.7 Å². The highest BCUT2D eigenvalue weighted by Crippen LogP contribution is 2.32. The molecule has 1 aromatic carbocycles. The van der Waals surface area contributed by atoms with Crippen molar-refractivity contribution in [2.45, 2.75) is 6.29 Å². The molecule has 122 valence electrons. The van der Waals surface area contributed by atoms with Gasteiger partial charge in [-0.15, -0.1) is 0 Å². The summed E-state index contributed by atoms with van der Waals surface area (Å²) < 4.78 is 3.73. The van der Waals surface area contributed by atoms with Crippen molar-refractivity contribution in [3.63, 3.8) is 0 Å². The lowest BCUT2D eigenvalue weighted by Crippen LogP contribution is -2.32. The minimum Gasteiger partial charge on any atom is -0.492 e. The van der Waals surface area contributed by atoms with Crippen molar-refractivity contribution in [1.82, 2.24) is 9.69 Å². The number of hydrogen-bond donors (Lipinski definition) is 6. The number of amidine groups is 1. The molecule has 0 radical (unpaired) electrons. The largest absolute Gasteiger partial charge is 0.492 e. The number of non-ortho nitro benzene ring substituents is 1. The van der Waals surface area contributed by atoms with Crippen molar-refractivity contribution in [2.75, 3.05) is 11.9 Å². The highest BCUT2D eigenvalue weighted by Gasteiger charge is 2.18. The topological polar surface area (TPSA) is 165 Å². The van der Waals surface area contributed by atoms with Gasteiger partial charge in [0.05, 0.1) is 11.5 Å². The van der Waals surface area contributed by atoms with Crippen molar-refractivity contribution >= 4 is 33.7 Å². The number of aromatic hydroxyl groups is 1. The normalized spacial score (nSPS) is 10.6. The molecule has 10 nitrogen and oxygen atoms in total. The van der Waals surface area contributed by atoms with Gasteiger partial charge in [0.25, 0.3) is 5.69 Å². The van der Waals surface area contributed by atoms with E-state index in [0.29, 0.717) is 10.7 Å². The maximum absolute atomic E-state index is 10.6. The average molecular weight is 339 g/mol. The predicted molar refractivity (Wildman–Crippen MR) is 83.2 cm³/mol. The predicted octanol–water partition coefficient (Wildman–Crippen LogP) is 0.726. The Morgan fingerprint density at radius 1 is 1.39 bits per heavy atom. The molecule has 0 saturated heterocycles. The smallest absolute Gasteiger partial charge is 0.269 e. The van der Waals surface area contributed by atoms with Crippen LogP contribution in [0.2, 0.25) is 0 Å². The molecule has 0 aliphatic rings. The average Bonchev–Trinajstić information content (AvgIpc) is 2.86. The van der Waals surface area contributed by atoms with Crippen LogP contribution in [-0.4, -0.2) is 43.3 Å². The summed E-state index contributed by atoms with van der Waals surface area (Å²) in [6.07, 6.45) is -1.64. The molecule has 0 fully saturated rings. The van der Waals surface area contributed by atoms with E-state index >= 15 is 0 Å². The highest BCUT2D eigenvalue weighted by molar-refractivity contribution is 7.11. The molecule has 1 aromatic heterocycles. The van der Waals surface area contributed by atoms with E-state index in [0.717, 1.165) is 11.5 Å². The summed E-state index contributed by atoms with van der Waals surface area (Å²) >= 11 is 0.893. The molecule has 1 heterocycles. The molecule has 6 N–H and O–H groups in total. The number of nitro groups is 1. The maximum atomic E-state index is 10.6. The fourth-order valence-electron chi connectivity index (χ4n) is 1.67. The summed E-state index contributed by atoms with van der Waals surface area (Å²) in [5.41, 5.74) is 0.513. The second-order valence-electron chi connectivity index (χ2n) is 4.38. The molecule has 0 bridgehead atoms. The number of nitrogens with zero attached hydrogens (tertiary/aromatic N) is 2. The number of hydrogen-bond acceptors (Lipinski definition) is 9. The summed E-state index contributed by atoms with van der Waals surface area (Å²) in [6, 6.07) is 5.59. The highest BCUT2D eigenvalue weighted by atomic mass is 32.1. The van der Waals surface area contributed by atoms with Crippen LogP contribution < -0.4 is 10.6 Å². The zero-order valence-electron chi connectivity index (χ0n) is 11.6. The quantitative estimate of drug-likeness (QED) is 0.147. The molecule has 2 aromatic rings. The van der Waals surface area contributed by atoms with Crippen LogP contribution in [0, 0.1) is 15.5 Å². The van der Waals surface area contributed by atoms with Crippen molar-refractivity contribution in [3.05, 3.63) is 39.9 Å². The Morgan fingerprint density at radius 3 is 2.61 bits per heavy atom. The van der Waals surface area contributed by atoms with Crippen molar-refractivity contribution in [2.24, 2.45) is 0 Å². The van der Waals surface area contributed by atoms with E-state index in [1.54, 1.807) is 0 Å². The standard InChI is InChI=1S/C12H13N5O5S/c13-10(14-5-8(18)19)9-11(20)16-23-12(9)15-6-1-3-7(4-2-6)17(21)22/h1-4,8,15,18-19H,5H2,(H2,13,14)(H,16,20). The molecule has 0 atom stereocenters. The third kappa shape index (κ3) is 4.12.